The molecule has 2 N–H and O–H groups in total. The van der Waals surface area contributed by atoms with Crippen LogP contribution in [-0.4, -0.2) is 54.8 Å². The molecule has 0 aromatic heterocycles. The number of carbonyl (C=O) groups excluding carboxylic acids is 1. The number of piperazine rings is 1. The Morgan fingerprint density at radius 2 is 2.14 bits per heavy atom. The van der Waals surface area contributed by atoms with Gasteiger partial charge in [0, 0.05) is 24.7 Å². The third-order valence-corrected chi connectivity index (χ3v) is 3.72. The van der Waals surface area contributed by atoms with E-state index in [1.54, 1.807) is 0 Å². The van der Waals surface area contributed by atoms with Gasteiger partial charge in [0.15, 0.2) is 0 Å². The van der Waals surface area contributed by atoms with Gasteiger partial charge in [-0.15, -0.1) is 0 Å². The van der Waals surface area contributed by atoms with E-state index in [0.717, 1.165) is 12.1 Å². The van der Waals surface area contributed by atoms with Crippen LogP contribution in [0.3, 0.4) is 0 Å². The molecule has 1 heterocycles. The van der Waals surface area contributed by atoms with Gasteiger partial charge in [-0.3, -0.25) is 9.69 Å². The summed E-state index contributed by atoms with van der Waals surface area (Å²) >= 11 is 5.85. The zero-order valence-electron chi connectivity index (χ0n) is 12.1. The van der Waals surface area contributed by atoms with Crippen LogP contribution in [0.25, 0.3) is 0 Å². The van der Waals surface area contributed by atoms with Crippen molar-refractivity contribution in [2.24, 2.45) is 0 Å². The second-order valence-corrected chi connectivity index (χ2v) is 5.70. The Kier molecular flexibility index (Phi) is 5.99. The van der Waals surface area contributed by atoms with Gasteiger partial charge in [0.2, 0.25) is 5.91 Å². The van der Waals surface area contributed by atoms with E-state index >= 15 is 0 Å². The molecular weight excluding hydrogens is 292 g/mol. The van der Waals surface area contributed by atoms with Gasteiger partial charge in [0.05, 0.1) is 25.4 Å². The van der Waals surface area contributed by atoms with Gasteiger partial charge in [-0.1, -0.05) is 23.7 Å². The number of amides is 1. The summed E-state index contributed by atoms with van der Waals surface area (Å²) in [5.41, 5.74) is 1.02. The fraction of sp³-hybridized carbons (Fsp3) is 0.533. The van der Waals surface area contributed by atoms with Gasteiger partial charge in [0.25, 0.3) is 0 Å². The van der Waals surface area contributed by atoms with Crippen molar-refractivity contribution in [3.63, 3.8) is 0 Å². The molecule has 1 aromatic carbocycles. The number of ether oxygens (including phenoxy) is 1. The first-order valence-corrected chi connectivity index (χ1v) is 7.46. The summed E-state index contributed by atoms with van der Waals surface area (Å²) in [6.45, 7) is 4.35. The van der Waals surface area contributed by atoms with Crippen LogP contribution >= 0.6 is 11.6 Å². The number of β-amino-alcohol motifs (C(OH)–C–C–N with tert-alkyl or cyclic N) is 1. The van der Waals surface area contributed by atoms with Gasteiger partial charge in [-0.25, -0.2) is 0 Å². The third kappa shape index (κ3) is 5.28. The largest absolute Gasteiger partial charge is 0.389 e. The maximum atomic E-state index is 11.3. The lowest BCUT2D eigenvalue weighted by Crippen LogP contribution is -2.50. The molecule has 116 valence electrons. The fourth-order valence-electron chi connectivity index (χ4n) is 2.28. The predicted octanol–water partition coefficient (Wildman–Crippen LogP) is 1.21. The van der Waals surface area contributed by atoms with E-state index in [4.69, 9.17) is 16.3 Å². The molecule has 1 fully saturated rings. The van der Waals surface area contributed by atoms with Crippen molar-refractivity contribution in [2.45, 2.75) is 19.1 Å². The van der Waals surface area contributed by atoms with Gasteiger partial charge in [-0.2, -0.15) is 0 Å². The number of benzene rings is 1. The number of nitrogens with zero attached hydrogens (tertiary/aromatic N) is 1. The Morgan fingerprint density at radius 1 is 1.43 bits per heavy atom. The molecule has 0 aliphatic carbocycles. The minimum Gasteiger partial charge on any atom is -0.389 e. The molecule has 2 rings (SSSR count). The number of aliphatic hydroxyl groups excluding tert-OH is 1. The normalized spacial score (nSPS) is 19.1. The van der Waals surface area contributed by atoms with Gasteiger partial charge in [0.1, 0.15) is 0 Å². The number of hydrogen-bond acceptors (Lipinski definition) is 4. The number of halogens is 1. The maximum absolute atomic E-state index is 11.3. The van der Waals surface area contributed by atoms with Gasteiger partial charge >= 0.3 is 0 Å². The number of nitrogens with one attached hydrogen (secondary N) is 1. The maximum Gasteiger partial charge on any atom is 0.234 e. The van der Waals surface area contributed by atoms with Crippen molar-refractivity contribution in [3.05, 3.63) is 34.9 Å². The molecule has 0 bridgehead atoms. The highest BCUT2D eigenvalue weighted by molar-refractivity contribution is 6.30. The summed E-state index contributed by atoms with van der Waals surface area (Å²) in [5.74, 6) is 0.00361. The molecule has 1 aromatic rings. The molecule has 0 saturated carbocycles. The fourth-order valence-corrected chi connectivity index (χ4v) is 2.41. The monoisotopic (exact) mass is 312 g/mol. The average molecular weight is 313 g/mol. The minimum atomic E-state index is -0.606. The van der Waals surface area contributed by atoms with Crippen molar-refractivity contribution in [1.29, 1.82) is 0 Å². The lowest BCUT2D eigenvalue weighted by molar-refractivity contribution is -0.124. The summed E-state index contributed by atoms with van der Waals surface area (Å²) < 4.78 is 5.68. The molecule has 0 radical (unpaired) electrons. The first-order valence-electron chi connectivity index (χ1n) is 7.09. The van der Waals surface area contributed by atoms with Crippen molar-refractivity contribution in [2.75, 3.05) is 32.8 Å². The summed E-state index contributed by atoms with van der Waals surface area (Å²) in [7, 11) is 0. The Morgan fingerprint density at radius 3 is 2.81 bits per heavy atom. The molecule has 0 spiro atoms. The van der Waals surface area contributed by atoms with E-state index in [-0.39, 0.29) is 18.6 Å². The smallest absolute Gasteiger partial charge is 0.234 e. The molecule has 1 aliphatic heterocycles. The summed E-state index contributed by atoms with van der Waals surface area (Å²) in [6.07, 6.45) is -0.716. The molecule has 5 nitrogen and oxygen atoms in total. The summed E-state index contributed by atoms with van der Waals surface area (Å²) in [5, 5.41) is 13.5. The van der Waals surface area contributed by atoms with Crippen LogP contribution in [-0.2, 0) is 9.53 Å². The summed E-state index contributed by atoms with van der Waals surface area (Å²) in [6, 6.07) is 7.46. The lowest BCUT2D eigenvalue weighted by atomic mass is 10.1. The van der Waals surface area contributed by atoms with Crippen LogP contribution in [0.2, 0.25) is 5.02 Å². The second-order valence-electron chi connectivity index (χ2n) is 5.27. The molecule has 21 heavy (non-hydrogen) atoms. The minimum absolute atomic E-state index is 0.00361. The zero-order chi connectivity index (χ0) is 15.2. The van der Waals surface area contributed by atoms with Crippen LogP contribution in [0.15, 0.2) is 24.3 Å². The molecular formula is C15H21ClN2O3. The van der Waals surface area contributed by atoms with Crippen LogP contribution in [0.1, 0.15) is 18.6 Å². The predicted molar refractivity (Wildman–Crippen MR) is 81.3 cm³/mol. The van der Waals surface area contributed by atoms with E-state index in [0.29, 0.717) is 24.7 Å². The number of carbonyl (C=O) groups is 1. The van der Waals surface area contributed by atoms with Gasteiger partial charge < -0.3 is 15.2 Å². The SMILES string of the molecule is C[C@@H](OC[C@H](O)CN1CCNC(=O)C1)c1ccc(Cl)cc1. The van der Waals surface area contributed by atoms with Crippen LogP contribution in [0.4, 0.5) is 0 Å². The highest BCUT2D eigenvalue weighted by Gasteiger charge is 2.19. The summed E-state index contributed by atoms with van der Waals surface area (Å²) in [4.78, 5) is 13.2. The molecule has 1 saturated heterocycles. The van der Waals surface area contributed by atoms with E-state index < -0.39 is 6.10 Å². The van der Waals surface area contributed by atoms with Crippen molar-refractivity contribution >= 4 is 17.5 Å². The highest BCUT2D eigenvalue weighted by Crippen LogP contribution is 2.19. The van der Waals surface area contributed by atoms with E-state index in [1.165, 1.54) is 0 Å². The van der Waals surface area contributed by atoms with E-state index in [9.17, 15) is 9.90 Å². The second kappa shape index (κ2) is 7.75. The molecule has 2 atom stereocenters. The van der Waals surface area contributed by atoms with Crippen molar-refractivity contribution in [3.8, 4) is 0 Å². The Labute approximate surface area is 129 Å². The first-order chi connectivity index (χ1) is 10.0. The van der Waals surface area contributed by atoms with Crippen molar-refractivity contribution in [1.82, 2.24) is 10.2 Å². The van der Waals surface area contributed by atoms with Crippen LogP contribution in [0, 0.1) is 0 Å². The Hall–Kier alpha value is -1.14. The van der Waals surface area contributed by atoms with Crippen LogP contribution in [0.5, 0.6) is 0 Å². The Balaban J connectivity index is 1.74. The third-order valence-electron chi connectivity index (χ3n) is 3.46. The standard InChI is InChI=1S/C15H21ClN2O3/c1-11(12-2-4-13(16)5-3-12)21-10-14(19)8-18-7-6-17-15(20)9-18/h2-5,11,14,19H,6-10H2,1H3,(H,17,20)/t11-,14-/m1/s1. The zero-order valence-corrected chi connectivity index (χ0v) is 12.8. The number of hydrogen-bond donors (Lipinski definition) is 2. The average Bonchev–Trinajstić information content (AvgIpc) is 2.45. The quantitative estimate of drug-likeness (QED) is 0.829. The van der Waals surface area contributed by atoms with E-state index in [1.807, 2.05) is 36.1 Å². The Bertz CT molecular complexity index is 466. The molecule has 1 aliphatic rings. The van der Waals surface area contributed by atoms with Gasteiger partial charge in [-0.05, 0) is 24.6 Å². The number of aliphatic hydroxyl groups is 1. The van der Waals surface area contributed by atoms with E-state index in [2.05, 4.69) is 5.32 Å². The molecule has 1 amide bonds. The van der Waals surface area contributed by atoms with Crippen LogP contribution < -0.4 is 5.32 Å². The highest BCUT2D eigenvalue weighted by atomic mass is 35.5. The number of rotatable bonds is 6. The topological polar surface area (TPSA) is 61.8 Å². The molecule has 0 unspecified atom stereocenters. The van der Waals surface area contributed by atoms with Crippen molar-refractivity contribution < 1.29 is 14.6 Å². The lowest BCUT2D eigenvalue weighted by Gasteiger charge is -2.28. The first kappa shape index (κ1) is 16.2. The molecule has 6 heteroatoms.